The molecule has 0 aromatic carbocycles. The molecule has 0 aliphatic rings. The van der Waals surface area contributed by atoms with Gasteiger partial charge in [-0.1, -0.05) is 78.1 Å². The van der Waals surface area contributed by atoms with Gasteiger partial charge in [-0.3, -0.25) is 4.79 Å². The Balaban J connectivity index is 3.27. The largest absolute Gasteiger partial charge is 0.351 e. The van der Waals surface area contributed by atoms with Crippen LogP contribution in [0.1, 0.15) is 104 Å². The highest BCUT2D eigenvalue weighted by Crippen LogP contribution is 2.12. The summed E-state index contributed by atoms with van der Waals surface area (Å²) in [4.78, 5) is 11.7. The van der Waals surface area contributed by atoms with Crippen molar-refractivity contribution in [1.82, 2.24) is 5.32 Å². The van der Waals surface area contributed by atoms with E-state index < -0.39 is 0 Å². The minimum absolute atomic E-state index is 0.158. The van der Waals surface area contributed by atoms with Crippen LogP contribution in [0.2, 0.25) is 0 Å². The fraction of sp³-hybridized carbons (Fsp3) is 0.895. The normalized spacial score (nSPS) is 11.6. The second kappa shape index (κ2) is 13.2. The van der Waals surface area contributed by atoms with Gasteiger partial charge in [0.05, 0.1) is 0 Å². The molecular weight excluding hydrogens is 258 g/mol. The van der Waals surface area contributed by atoms with Gasteiger partial charge in [-0.2, -0.15) is 0 Å². The van der Waals surface area contributed by atoms with Crippen molar-refractivity contribution in [3.63, 3.8) is 0 Å². The molecule has 1 amide bonds. The van der Waals surface area contributed by atoms with Crippen molar-refractivity contribution in [2.45, 2.75) is 110 Å². The lowest BCUT2D eigenvalue weighted by molar-refractivity contribution is -0.122. The van der Waals surface area contributed by atoms with Gasteiger partial charge in [0.1, 0.15) is 0 Å². The summed E-state index contributed by atoms with van der Waals surface area (Å²) in [5.41, 5.74) is -0.158. The Bertz CT molecular complexity index is 248. The van der Waals surface area contributed by atoms with Gasteiger partial charge in [0.25, 0.3) is 0 Å². The van der Waals surface area contributed by atoms with Gasteiger partial charge in [-0.05, 0) is 26.7 Å². The molecule has 1 radical (unpaired) electrons. The fourth-order valence-corrected chi connectivity index (χ4v) is 2.45. The Morgan fingerprint density at radius 3 is 1.71 bits per heavy atom. The first-order valence-electron chi connectivity index (χ1n) is 9.12. The number of carbonyl (C=O) groups is 1. The quantitative estimate of drug-likeness (QED) is 0.403. The van der Waals surface area contributed by atoms with E-state index in [9.17, 15) is 4.79 Å². The molecular formula is C19H38NO. The van der Waals surface area contributed by atoms with Crippen molar-refractivity contribution in [2.24, 2.45) is 0 Å². The van der Waals surface area contributed by atoms with Crippen molar-refractivity contribution >= 4 is 5.91 Å². The molecule has 125 valence electrons. The number of amides is 1. The van der Waals surface area contributed by atoms with E-state index in [0.717, 1.165) is 12.8 Å². The predicted molar refractivity (Wildman–Crippen MR) is 93.3 cm³/mol. The molecule has 0 rings (SSSR count). The first-order valence-corrected chi connectivity index (χ1v) is 9.12. The Hall–Kier alpha value is -0.530. The molecule has 0 aromatic heterocycles. The van der Waals surface area contributed by atoms with E-state index in [-0.39, 0.29) is 11.4 Å². The highest BCUT2D eigenvalue weighted by atomic mass is 16.1. The maximum Gasteiger partial charge on any atom is 0.220 e. The number of nitrogens with one attached hydrogen (secondary N) is 1. The molecule has 0 heterocycles. The van der Waals surface area contributed by atoms with Crippen molar-refractivity contribution in [3.8, 4) is 0 Å². The monoisotopic (exact) mass is 296 g/mol. The third-order valence-corrected chi connectivity index (χ3v) is 4.11. The zero-order valence-electron chi connectivity index (χ0n) is 14.8. The molecule has 0 saturated carbocycles. The van der Waals surface area contributed by atoms with Gasteiger partial charge >= 0.3 is 0 Å². The van der Waals surface area contributed by atoms with Crippen molar-refractivity contribution in [1.29, 1.82) is 0 Å². The smallest absolute Gasteiger partial charge is 0.220 e. The van der Waals surface area contributed by atoms with Crippen LogP contribution in [0.3, 0.4) is 0 Å². The molecule has 0 atom stereocenters. The molecule has 1 N–H and O–H groups in total. The Morgan fingerprint density at radius 2 is 1.29 bits per heavy atom. The number of unbranched alkanes of at least 4 members (excludes halogenated alkanes) is 10. The Labute approximate surface area is 133 Å². The summed E-state index contributed by atoms with van der Waals surface area (Å²) < 4.78 is 0. The lowest BCUT2D eigenvalue weighted by Crippen LogP contribution is -2.42. The van der Waals surface area contributed by atoms with Crippen LogP contribution in [0.5, 0.6) is 0 Å². The molecule has 2 heteroatoms. The summed E-state index contributed by atoms with van der Waals surface area (Å²) >= 11 is 0. The highest BCUT2D eigenvalue weighted by Gasteiger charge is 2.16. The minimum Gasteiger partial charge on any atom is -0.351 e. The average Bonchev–Trinajstić information content (AvgIpc) is 2.44. The SMILES string of the molecule is [CH2]CC(C)(C)NC(=O)CCCCCCCCCCCCC. The van der Waals surface area contributed by atoms with E-state index in [1.165, 1.54) is 64.2 Å². The van der Waals surface area contributed by atoms with Gasteiger partial charge in [0.15, 0.2) is 0 Å². The minimum atomic E-state index is -0.158. The standard InChI is InChI=1S/C19H38NO/c1-5-7-8-9-10-11-12-13-14-15-16-17-18(21)20-19(3,4)6-2/h2,5-17H2,1,3-4H3,(H,20,21). The topological polar surface area (TPSA) is 29.1 Å². The van der Waals surface area contributed by atoms with Crippen LogP contribution >= 0.6 is 0 Å². The maximum atomic E-state index is 11.7. The molecule has 0 fully saturated rings. The first-order chi connectivity index (χ1) is 10.0. The summed E-state index contributed by atoms with van der Waals surface area (Å²) in [7, 11) is 0. The summed E-state index contributed by atoms with van der Waals surface area (Å²) in [5.74, 6) is 0.180. The number of hydrogen-bond acceptors (Lipinski definition) is 1. The van der Waals surface area contributed by atoms with Gasteiger partial charge in [-0.25, -0.2) is 0 Å². The van der Waals surface area contributed by atoms with Gasteiger partial charge in [-0.15, -0.1) is 0 Å². The van der Waals surface area contributed by atoms with Crippen LogP contribution in [0, 0.1) is 6.92 Å². The second-order valence-electron chi connectivity index (χ2n) is 6.97. The van der Waals surface area contributed by atoms with Gasteiger partial charge < -0.3 is 5.32 Å². The zero-order valence-corrected chi connectivity index (χ0v) is 14.8. The molecule has 0 aliphatic heterocycles. The predicted octanol–water partition coefficient (Wildman–Crippen LogP) is 5.81. The maximum absolute atomic E-state index is 11.7. The summed E-state index contributed by atoms with van der Waals surface area (Å²) in [6, 6.07) is 0. The number of carbonyl (C=O) groups excluding carboxylic acids is 1. The molecule has 0 aliphatic carbocycles. The zero-order chi connectivity index (χ0) is 16.0. The molecule has 0 bridgehead atoms. The van der Waals surface area contributed by atoms with E-state index in [1.807, 2.05) is 13.8 Å². The lowest BCUT2D eigenvalue weighted by atomic mass is 10.0. The highest BCUT2D eigenvalue weighted by molar-refractivity contribution is 5.76. The third kappa shape index (κ3) is 14.2. The lowest BCUT2D eigenvalue weighted by Gasteiger charge is -2.24. The molecule has 0 saturated heterocycles. The van der Waals surface area contributed by atoms with E-state index in [4.69, 9.17) is 0 Å². The van der Waals surface area contributed by atoms with Crippen molar-refractivity contribution in [2.75, 3.05) is 0 Å². The van der Waals surface area contributed by atoms with Crippen LogP contribution in [0.15, 0.2) is 0 Å². The second-order valence-corrected chi connectivity index (χ2v) is 6.97. The first kappa shape index (κ1) is 20.5. The molecule has 0 spiro atoms. The number of hydrogen-bond donors (Lipinski definition) is 1. The summed E-state index contributed by atoms with van der Waals surface area (Å²) in [6.07, 6.45) is 15.9. The van der Waals surface area contributed by atoms with E-state index >= 15 is 0 Å². The van der Waals surface area contributed by atoms with Crippen molar-refractivity contribution < 1.29 is 4.79 Å². The fourth-order valence-electron chi connectivity index (χ4n) is 2.45. The van der Waals surface area contributed by atoms with Crippen molar-refractivity contribution in [3.05, 3.63) is 6.92 Å². The van der Waals surface area contributed by atoms with Crippen LogP contribution in [0.25, 0.3) is 0 Å². The summed E-state index contributed by atoms with van der Waals surface area (Å²) in [5, 5.41) is 3.04. The molecule has 2 nitrogen and oxygen atoms in total. The summed E-state index contributed by atoms with van der Waals surface area (Å²) in [6.45, 7) is 10.2. The molecule has 0 unspecified atom stereocenters. The van der Waals surface area contributed by atoms with Gasteiger partial charge in [0, 0.05) is 12.0 Å². The number of rotatable bonds is 14. The molecule has 0 aromatic rings. The van der Waals surface area contributed by atoms with E-state index in [2.05, 4.69) is 19.2 Å². The third-order valence-electron chi connectivity index (χ3n) is 4.11. The molecule has 21 heavy (non-hydrogen) atoms. The van der Waals surface area contributed by atoms with Crippen LogP contribution in [0.4, 0.5) is 0 Å². The van der Waals surface area contributed by atoms with E-state index in [1.54, 1.807) is 0 Å². The van der Waals surface area contributed by atoms with Crippen LogP contribution < -0.4 is 5.32 Å². The Morgan fingerprint density at radius 1 is 0.857 bits per heavy atom. The van der Waals surface area contributed by atoms with Crippen LogP contribution in [-0.4, -0.2) is 11.4 Å². The van der Waals surface area contributed by atoms with E-state index in [0.29, 0.717) is 6.42 Å². The van der Waals surface area contributed by atoms with Gasteiger partial charge in [0.2, 0.25) is 5.91 Å². The van der Waals surface area contributed by atoms with Crippen LogP contribution in [-0.2, 0) is 4.79 Å². The average molecular weight is 297 g/mol. The Kier molecular flexibility index (Phi) is 12.8.